The number of phenols is 1. The second-order valence-corrected chi connectivity index (χ2v) is 7.49. The van der Waals surface area contributed by atoms with Crippen LogP contribution in [0.25, 0.3) is 0 Å². The Morgan fingerprint density at radius 3 is 2.30 bits per heavy atom. The Kier molecular flexibility index (Phi) is 9.64. The summed E-state index contributed by atoms with van der Waals surface area (Å²) in [7, 11) is 0. The number of ether oxygens (including phenoxy) is 1. The fourth-order valence-corrected chi connectivity index (χ4v) is 4.28. The molecule has 27 heavy (non-hydrogen) atoms. The Labute approximate surface area is 177 Å². The quantitative estimate of drug-likeness (QED) is 0.652. The van der Waals surface area contributed by atoms with E-state index in [1.807, 2.05) is 0 Å². The lowest BCUT2D eigenvalue weighted by Gasteiger charge is -2.41. The lowest BCUT2D eigenvalue weighted by molar-refractivity contribution is -0.139. The Morgan fingerprint density at radius 1 is 1.15 bits per heavy atom. The number of benzene rings is 1. The number of halogens is 6. The Hall–Kier alpha value is -0.250. The molecule has 0 aliphatic carbocycles. The molecule has 1 aromatic rings. The number of phenolic OH excluding ortho intramolecular Hbond substituents is 1. The van der Waals surface area contributed by atoms with Crippen LogP contribution >= 0.6 is 40.7 Å². The van der Waals surface area contributed by atoms with Crippen LogP contribution in [0.2, 0.25) is 0 Å². The molecule has 1 atom stereocenters. The summed E-state index contributed by atoms with van der Waals surface area (Å²) in [5.74, 6) is -0.487. The van der Waals surface area contributed by atoms with Crippen LogP contribution in [-0.2, 0) is 10.9 Å². The molecule has 3 rings (SSSR count). The van der Waals surface area contributed by atoms with Gasteiger partial charge in [0.25, 0.3) is 0 Å². The van der Waals surface area contributed by atoms with E-state index in [1.165, 1.54) is 0 Å². The van der Waals surface area contributed by atoms with Crippen LogP contribution in [0, 0.1) is 5.92 Å². The minimum absolute atomic E-state index is 0. The van der Waals surface area contributed by atoms with Crippen molar-refractivity contribution in [3.05, 3.63) is 27.7 Å². The van der Waals surface area contributed by atoms with Gasteiger partial charge in [0.05, 0.1) is 5.56 Å². The van der Waals surface area contributed by atoms with Gasteiger partial charge in [-0.25, -0.2) is 0 Å². The molecule has 2 fully saturated rings. The highest BCUT2D eigenvalue weighted by atomic mass is 79.9. The van der Waals surface area contributed by atoms with E-state index in [1.54, 1.807) is 6.07 Å². The van der Waals surface area contributed by atoms with Crippen molar-refractivity contribution in [3.63, 3.8) is 0 Å². The fourth-order valence-electron chi connectivity index (χ4n) is 3.80. The van der Waals surface area contributed by atoms with Crippen molar-refractivity contribution < 1.29 is 23.0 Å². The highest BCUT2D eigenvalue weighted by Gasteiger charge is 2.39. The Morgan fingerprint density at radius 2 is 1.74 bits per heavy atom. The standard InChI is InChI=1S/C17H22BrF3N2O2.2ClH/c18-12-9-13(16(24)14(10-12)17(19,20)21)15(11-1-7-25-8-2-11)23-5-3-22-4-6-23;;/h9-11,15,22,24H,1-8H2;2*1H/t15-;;/m0../s1. The van der Waals surface area contributed by atoms with Gasteiger partial charge in [-0.3, -0.25) is 4.90 Å². The molecule has 0 radical (unpaired) electrons. The number of rotatable bonds is 3. The van der Waals surface area contributed by atoms with Crippen LogP contribution in [0.1, 0.15) is 30.0 Å². The molecule has 0 amide bonds. The molecule has 4 nitrogen and oxygen atoms in total. The second-order valence-electron chi connectivity index (χ2n) is 6.57. The van der Waals surface area contributed by atoms with E-state index in [-0.39, 0.29) is 36.8 Å². The van der Waals surface area contributed by atoms with Gasteiger partial charge in [0.15, 0.2) is 0 Å². The molecule has 0 spiro atoms. The largest absolute Gasteiger partial charge is 0.507 e. The zero-order valence-corrected chi connectivity index (χ0v) is 17.8. The first-order valence-electron chi connectivity index (χ1n) is 8.50. The molecule has 2 aliphatic heterocycles. The molecule has 0 unspecified atom stereocenters. The van der Waals surface area contributed by atoms with Crippen molar-refractivity contribution in [2.45, 2.75) is 25.1 Å². The summed E-state index contributed by atoms with van der Waals surface area (Å²) in [6.07, 6.45) is -3.03. The van der Waals surface area contributed by atoms with E-state index in [4.69, 9.17) is 4.74 Å². The molecule has 0 bridgehead atoms. The number of nitrogens with zero attached hydrogens (tertiary/aromatic N) is 1. The molecule has 156 valence electrons. The summed E-state index contributed by atoms with van der Waals surface area (Å²) in [6, 6.07) is 2.33. The van der Waals surface area contributed by atoms with Crippen molar-refractivity contribution in [1.82, 2.24) is 10.2 Å². The SMILES string of the molecule is Cl.Cl.Oc1c([C@H](C2CCOCC2)N2CCNCC2)cc(Br)cc1C(F)(F)F. The van der Waals surface area contributed by atoms with Crippen LogP contribution in [-0.4, -0.2) is 49.4 Å². The molecular weight excluding hydrogens is 472 g/mol. The first-order valence-corrected chi connectivity index (χ1v) is 9.29. The third-order valence-corrected chi connectivity index (χ3v) is 5.44. The van der Waals surface area contributed by atoms with Crippen molar-refractivity contribution in [1.29, 1.82) is 0 Å². The fraction of sp³-hybridized carbons (Fsp3) is 0.647. The van der Waals surface area contributed by atoms with E-state index in [9.17, 15) is 18.3 Å². The smallest absolute Gasteiger partial charge is 0.420 e. The summed E-state index contributed by atoms with van der Waals surface area (Å²) >= 11 is 3.19. The molecule has 2 N–H and O–H groups in total. The summed E-state index contributed by atoms with van der Waals surface area (Å²) < 4.78 is 45.8. The highest BCUT2D eigenvalue weighted by molar-refractivity contribution is 9.10. The second kappa shape index (κ2) is 10.5. The first kappa shape index (κ1) is 24.8. The van der Waals surface area contributed by atoms with E-state index < -0.39 is 17.5 Å². The van der Waals surface area contributed by atoms with Gasteiger partial charge in [0, 0.05) is 55.5 Å². The average molecular weight is 496 g/mol. The molecule has 1 aromatic carbocycles. The number of nitrogens with one attached hydrogen (secondary N) is 1. The van der Waals surface area contributed by atoms with Gasteiger partial charge in [-0.2, -0.15) is 13.2 Å². The monoisotopic (exact) mass is 494 g/mol. The van der Waals surface area contributed by atoms with Gasteiger partial charge in [0.1, 0.15) is 5.75 Å². The molecule has 0 saturated carbocycles. The van der Waals surface area contributed by atoms with Gasteiger partial charge in [-0.15, -0.1) is 24.8 Å². The third-order valence-electron chi connectivity index (χ3n) is 4.99. The maximum Gasteiger partial charge on any atom is 0.420 e. The zero-order chi connectivity index (χ0) is 18.0. The topological polar surface area (TPSA) is 44.7 Å². The molecule has 2 heterocycles. The summed E-state index contributed by atoms with van der Waals surface area (Å²) in [5, 5.41) is 13.7. The number of piperazine rings is 1. The Balaban J connectivity index is 0.00000182. The normalized spacial score (nSPS) is 20.4. The third kappa shape index (κ3) is 5.87. The van der Waals surface area contributed by atoms with E-state index in [0.717, 1.165) is 45.1 Å². The van der Waals surface area contributed by atoms with E-state index in [2.05, 4.69) is 26.1 Å². The number of hydrogen-bond acceptors (Lipinski definition) is 4. The summed E-state index contributed by atoms with van der Waals surface area (Å²) in [5.41, 5.74) is -0.625. The van der Waals surface area contributed by atoms with Crippen LogP contribution < -0.4 is 5.32 Å². The van der Waals surface area contributed by atoms with Crippen molar-refractivity contribution >= 4 is 40.7 Å². The summed E-state index contributed by atoms with van der Waals surface area (Å²) in [6.45, 7) is 4.29. The van der Waals surface area contributed by atoms with Gasteiger partial charge in [-0.1, -0.05) is 15.9 Å². The lowest BCUT2D eigenvalue weighted by atomic mass is 9.84. The van der Waals surface area contributed by atoms with Crippen LogP contribution in [0.15, 0.2) is 16.6 Å². The molecule has 10 heteroatoms. The van der Waals surface area contributed by atoms with Crippen LogP contribution in [0.4, 0.5) is 13.2 Å². The zero-order valence-electron chi connectivity index (χ0n) is 14.6. The predicted molar refractivity (Wildman–Crippen MR) is 106 cm³/mol. The van der Waals surface area contributed by atoms with Crippen LogP contribution in [0.5, 0.6) is 5.75 Å². The van der Waals surface area contributed by atoms with E-state index in [0.29, 0.717) is 23.2 Å². The minimum Gasteiger partial charge on any atom is -0.507 e. The summed E-state index contributed by atoms with van der Waals surface area (Å²) in [4.78, 5) is 2.19. The molecule has 2 saturated heterocycles. The number of hydrogen-bond donors (Lipinski definition) is 2. The Bertz CT molecular complexity index is 593. The molecule has 0 aromatic heterocycles. The highest BCUT2D eigenvalue weighted by Crippen LogP contribution is 2.46. The van der Waals surface area contributed by atoms with Crippen molar-refractivity contribution in [3.8, 4) is 5.75 Å². The van der Waals surface area contributed by atoms with Gasteiger partial charge in [0.2, 0.25) is 0 Å². The lowest BCUT2D eigenvalue weighted by Crippen LogP contribution is -2.47. The van der Waals surface area contributed by atoms with Crippen molar-refractivity contribution in [2.75, 3.05) is 39.4 Å². The first-order chi connectivity index (χ1) is 11.9. The maximum absolute atomic E-state index is 13.3. The minimum atomic E-state index is -4.59. The number of alkyl halides is 3. The molecular formula is C17H24BrCl2F3N2O2. The maximum atomic E-state index is 13.3. The number of aromatic hydroxyl groups is 1. The van der Waals surface area contributed by atoms with Crippen molar-refractivity contribution in [2.24, 2.45) is 5.92 Å². The van der Waals surface area contributed by atoms with Crippen LogP contribution in [0.3, 0.4) is 0 Å². The van der Waals surface area contributed by atoms with Gasteiger partial charge >= 0.3 is 6.18 Å². The van der Waals surface area contributed by atoms with Gasteiger partial charge < -0.3 is 15.2 Å². The molecule has 2 aliphatic rings. The predicted octanol–water partition coefficient (Wildman–Crippen LogP) is 4.39. The van der Waals surface area contributed by atoms with Gasteiger partial charge in [-0.05, 0) is 30.9 Å². The van der Waals surface area contributed by atoms with E-state index >= 15 is 0 Å². The average Bonchev–Trinajstić information content (AvgIpc) is 2.59.